The standard InChI is InChI=1S/C25H25N3O2/c1-4-28-22-8-6-5-7-20(22)21-14-19(10-11-23(21)28)15-26-27-25(29)16-30-24-12-9-17(2)13-18(24)3/h5-15H,4,16H2,1-3H3,(H,27,29)/b26-15+. The summed E-state index contributed by atoms with van der Waals surface area (Å²) in [7, 11) is 0. The molecule has 3 aromatic carbocycles. The average Bonchev–Trinajstić information content (AvgIpc) is 3.06. The number of fused-ring (bicyclic) bond motifs is 3. The minimum atomic E-state index is -0.296. The molecule has 0 atom stereocenters. The molecule has 0 unspecified atom stereocenters. The van der Waals surface area contributed by atoms with Gasteiger partial charge in [0.1, 0.15) is 5.75 Å². The largest absolute Gasteiger partial charge is 0.483 e. The Morgan fingerprint density at radius 3 is 2.63 bits per heavy atom. The molecule has 152 valence electrons. The summed E-state index contributed by atoms with van der Waals surface area (Å²) in [4.78, 5) is 12.1. The average molecular weight is 399 g/mol. The van der Waals surface area contributed by atoms with Gasteiger partial charge < -0.3 is 9.30 Å². The van der Waals surface area contributed by atoms with Gasteiger partial charge in [0.05, 0.1) is 6.21 Å². The van der Waals surface area contributed by atoms with Gasteiger partial charge in [-0.2, -0.15) is 5.10 Å². The fourth-order valence-corrected chi connectivity index (χ4v) is 3.81. The van der Waals surface area contributed by atoms with Crippen molar-refractivity contribution in [2.45, 2.75) is 27.3 Å². The third kappa shape index (κ3) is 3.92. The second-order valence-electron chi connectivity index (χ2n) is 7.39. The van der Waals surface area contributed by atoms with Gasteiger partial charge in [-0.1, -0.05) is 42.0 Å². The van der Waals surface area contributed by atoms with Crippen LogP contribution in [0.4, 0.5) is 0 Å². The monoisotopic (exact) mass is 399 g/mol. The highest BCUT2D eigenvalue weighted by Crippen LogP contribution is 2.29. The number of hydrogen-bond acceptors (Lipinski definition) is 3. The van der Waals surface area contributed by atoms with Gasteiger partial charge in [-0.15, -0.1) is 0 Å². The number of amides is 1. The van der Waals surface area contributed by atoms with Gasteiger partial charge in [0.2, 0.25) is 0 Å². The molecule has 0 radical (unpaired) electrons. The van der Waals surface area contributed by atoms with Crippen LogP contribution in [0.5, 0.6) is 5.75 Å². The van der Waals surface area contributed by atoms with E-state index in [0.717, 1.165) is 23.2 Å². The van der Waals surface area contributed by atoms with Gasteiger partial charge in [0.15, 0.2) is 6.61 Å². The number of nitrogens with zero attached hydrogens (tertiary/aromatic N) is 2. The predicted molar refractivity (Wildman–Crippen MR) is 122 cm³/mol. The van der Waals surface area contributed by atoms with Crippen molar-refractivity contribution in [1.82, 2.24) is 9.99 Å². The molecule has 30 heavy (non-hydrogen) atoms. The highest BCUT2D eigenvalue weighted by atomic mass is 16.5. The highest BCUT2D eigenvalue weighted by Gasteiger charge is 2.09. The quantitative estimate of drug-likeness (QED) is 0.368. The van der Waals surface area contributed by atoms with E-state index in [4.69, 9.17) is 4.74 Å². The molecule has 1 amide bonds. The van der Waals surface area contributed by atoms with Crippen molar-refractivity contribution >= 4 is 33.9 Å². The van der Waals surface area contributed by atoms with E-state index in [0.29, 0.717) is 5.75 Å². The lowest BCUT2D eigenvalue weighted by molar-refractivity contribution is -0.123. The molecule has 0 saturated carbocycles. The molecule has 0 aliphatic carbocycles. The molecular weight excluding hydrogens is 374 g/mol. The molecule has 0 saturated heterocycles. The number of nitrogens with one attached hydrogen (secondary N) is 1. The summed E-state index contributed by atoms with van der Waals surface area (Å²) in [6.07, 6.45) is 1.66. The fourth-order valence-electron chi connectivity index (χ4n) is 3.81. The van der Waals surface area contributed by atoms with Gasteiger partial charge in [0.25, 0.3) is 5.91 Å². The molecule has 4 rings (SSSR count). The van der Waals surface area contributed by atoms with E-state index in [1.165, 1.54) is 21.8 Å². The van der Waals surface area contributed by atoms with Crippen molar-refractivity contribution in [3.63, 3.8) is 0 Å². The maximum Gasteiger partial charge on any atom is 0.277 e. The van der Waals surface area contributed by atoms with Crippen LogP contribution in [0.1, 0.15) is 23.6 Å². The fraction of sp³-hybridized carbons (Fsp3) is 0.200. The second kappa shape index (κ2) is 8.41. The zero-order chi connectivity index (χ0) is 21.1. The summed E-state index contributed by atoms with van der Waals surface area (Å²) in [6, 6.07) is 20.5. The lowest BCUT2D eigenvalue weighted by Crippen LogP contribution is -2.24. The SMILES string of the molecule is CCn1c2ccccc2c2cc(/C=N/NC(=O)COc3ccc(C)cc3C)ccc21. The maximum atomic E-state index is 12.1. The Balaban J connectivity index is 1.45. The van der Waals surface area contributed by atoms with Crippen molar-refractivity contribution in [3.05, 3.63) is 77.4 Å². The highest BCUT2D eigenvalue weighted by molar-refractivity contribution is 6.09. The number of para-hydroxylation sites is 1. The summed E-state index contributed by atoms with van der Waals surface area (Å²) >= 11 is 0. The molecule has 0 bridgehead atoms. The number of hydrazone groups is 1. The van der Waals surface area contributed by atoms with E-state index in [1.54, 1.807) is 6.21 Å². The first kappa shape index (κ1) is 19.7. The first-order valence-corrected chi connectivity index (χ1v) is 10.1. The number of rotatable bonds is 6. The zero-order valence-electron chi connectivity index (χ0n) is 17.5. The smallest absolute Gasteiger partial charge is 0.277 e. The van der Waals surface area contributed by atoms with Crippen molar-refractivity contribution < 1.29 is 9.53 Å². The van der Waals surface area contributed by atoms with Crippen molar-refractivity contribution in [1.29, 1.82) is 0 Å². The summed E-state index contributed by atoms with van der Waals surface area (Å²) in [5.74, 6) is 0.410. The lowest BCUT2D eigenvalue weighted by atomic mass is 10.1. The molecule has 5 heteroatoms. The Morgan fingerprint density at radius 1 is 1.03 bits per heavy atom. The van der Waals surface area contributed by atoms with Crippen molar-refractivity contribution in [2.24, 2.45) is 5.10 Å². The second-order valence-corrected chi connectivity index (χ2v) is 7.39. The van der Waals surface area contributed by atoms with Gasteiger partial charge in [-0.25, -0.2) is 5.43 Å². The minimum absolute atomic E-state index is 0.0791. The minimum Gasteiger partial charge on any atom is -0.483 e. The normalized spacial score (nSPS) is 11.4. The summed E-state index contributed by atoms with van der Waals surface area (Å²) in [6.45, 7) is 6.97. The van der Waals surface area contributed by atoms with Crippen LogP contribution in [0.2, 0.25) is 0 Å². The van der Waals surface area contributed by atoms with Gasteiger partial charge in [-0.05, 0) is 56.2 Å². The molecule has 5 nitrogen and oxygen atoms in total. The van der Waals surface area contributed by atoms with E-state index >= 15 is 0 Å². The van der Waals surface area contributed by atoms with Gasteiger partial charge in [0, 0.05) is 28.4 Å². The molecule has 4 aromatic rings. The molecule has 0 aliphatic heterocycles. The first-order chi connectivity index (χ1) is 14.6. The Morgan fingerprint density at radius 2 is 1.83 bits per heavy atom. The zero-order valence-corrected chi connectivity index (χ0v) is 17.5. The number of aryl methyl sites for hydroxylation is 3. The van der Waals surface area contributed by atoms with E-state index < -0.39 is 0 Å². The third-order valence-corrected chi connectivity index (χ3v) is 5.20. The Kier molecular flexibility index (Phi) is 5.53. The molecule has 1 N–H and O–H groups in total. The van der Waals surface area contributed by atoms with Crippen LogP contribution < -0.4 is 10.2 Å². The number of benzene rings is 3. The topological polar surface area (TPSA) is 55.6 Å². The van der Waals surface area contributed by atoms with E-state index in [2.05, 4.69) is 58.4 Å². The Labute approximate surface area is 176 Å². The van der Waals surface area contributed by atoms with Crippen LogP contribution in [-0.4, -0.2) is 23.3 Å². The van der Waals surface area contributed by atoms with E-state index in [1.807, 2.05) is 38.1 Å². The van der Waals surface area contributed by atoms with Gasteiger partial charge >= 0.3 is 0 Å². The van der Waals surface area contributed by atoms with Crippen LogP contribution in [0, 0.1) is 13.8 Å². The number of ether oxygens (including phenoxy) is 1. The Bertz CT molecular complexity index is 1250. The third-order valence-electron chi connectivity index (χ3n) is 5.20. The molecule has 0 fully saturated rings. The van der Waals surface area contributed by atoms with Crippen molar-refractivity contribution in [2.75, 3.05) is 6.61 Å². The summed E-state index contributed by atoms with van der Waals surface area (Å²) < 4.78 is 7.89. The number of carbonyl (C=O) groups is 1. The van der Waals surface area contributed by atoms with Crippen LogP contribution in [0.15, 0.2) is 65.8 Å². The van der Waals surface area contributed by atoms with Crippen LogP contribution in [-0.2, 0) is 11.3 Å². The van der Waals surface area contributed by atoms with Crippen LogP contribution >= 0.6 is 0 Å². The molecule has 1 heterocycles. The molecule has 0 spiro atoms. The van der Waals surface area contributed by atoms with Crippen LogP contribution in [0.25, 0.3) is 21.8 Å². The molecule has 0 aliphatic rings. The van der Waals surface area contributed by atoms with E-state index in [-0.39, 0.29) is 12.5 Å². The summed E-state index contributed by atoms with van der Waals surface area (Å²) in [5, 5.41) is 6.49. The van der Waals surface area contributed by atoms with Crippen molar-refractivity contribution in [3.8, 4) is 5.75 Å². The number of carbonyl (C=O) groups excluding carboxylic acids is 1. The van der Waals surface area contributed by atoms with Gasteiger partial charge in [-0.3, -0.25) is 4.79 Å². The summed E-state index contributed by atoms with van der Waals surface area (Å²) in [5.41, 5.74) is 8.05. The Hall–Kier alpha value is -3.60. The number of aromatic nitrogens is 1. The maximum absolute atomic E-state index is 12.1. The molecular formula is C25H25N3O2. The predicted octanol–water partition coefficient (Wildman–Crippen LogP) is 4.96. The van der Waals surface area contributed by atoms with E-state index in [9.17, 15) is 4.79 Å². The molecule has 1 aromatic heterocycles. The lowest BCUT2D eigenvalue weighted by Gasteiger charge is -2.08. The van der Waals surface area contributed by atoms with Crippen LogP contribution in [0.3, 0.4) is 0 Å². The number of hydrogen-bond donors (Lipinski definition) is 1. The first-order valence-electron chi connectivity index (χ1n) is 10.1.